The first kappa shape index (κ1) is 17.9. The zero-order valence-electron chi connectivity index (χ0n) is 12.7. The van der Waals surface area contributed by atoms with E-state index in [9.17, 15) is 18.0 Å². The summed E-state index contributed by atoms with van der Waals surface area (Å²) >= 11 is 6.67. The van der Waals surface area contributed by atoms with E-state index in [0.717, 1.165) is 36.7 Å². The van der Waals surface area contributed by atoms with Crippen LogP contribution in [0.4, 0.5) is 24.8 Å². The zero-order valence-corrected chi connectivity index (χ0v) is 14.3. The van der Waals surface area contributed by atoms with Gasteiger partial charge in [0.2, 0.25) is 11.9 Å². The normalized spacial score (nSPS) is 14.6. The minimum Gasteiger partial charge on any atom is -0.368 e. The van der Waals surface area contributed by atoms with Crippen LogP contribution in [0, 0.1) is 0 Å². The molecule has 1 fully saturated rings. The number of rotatable bonds is 5. The molecule has 0 radical (unpaired) electrons. The summed E-state index contributed by atoms with van der Waals surface area (Å²) in [6.07, 6.45) is -2.63. The van der Waals surface area contributed by atoms with E-state index in [0.29, 0.717) is 5.16 Å². The highest BCUT2D eigenvalue weighted by molar-refractivity contribution is 7.99. The van der Waals surface area contributed by atoms with Gasteiger partial charge in [0.1, 0.15) is 0 Å². The maximum Gasteiger partial charge on any atom is 0.417 e. The second-order valence-corrected chi connectivity index (χ2v) is 6.82. The number of hydrogen-bond donors (Lipinski definition) is 2. The van der Waals surface area contributed by atoms with Gasteiger partial charge in [0.15, 0.2) is 5.16 Å². The second kappa shape index (κ2) is 6.75. The topological polar surface area (TPSA) is 85.8 Å². The Morgan fingerprint density at radius 1 is 1.40 bits per heavy atom. The van der Waals surface area contributed by atoms with Gasteiger partial charge in [-0.25, -0.2) is 0 Å². The molecule has 0 bridgehead atoms. The van der Waals surface area contributed by atoms with Crippen molar-refractivity contribution in [2.75, 3.05) is 16.8 Å². The van der Waals surface area contributed by atoms with Gasteiger partial charge in [-0.2, -0.15) is 13.2 Å². The van der Waals surface area contributed by atoms with E-state index in [1.165, 1.54) is 6.07 Å². The molecule has 1 saturated carbocycles. The van der Waals surface area contributed by atoms with Crippen LogP contribution in [0.2, 0.25) is 5.02 Å². The third kappa shape index (κ3) is 4.18. The third-order valence-electron chi connectivity index (χ3n) is 3.49. The number of anilines is 2. The second-order valence-electron chi connectivity index (χ2n) is 5.47. The average Bonchev–Trinajstić information content (AvgIpc) is 3.29. The number of nitrogens with zero attached hydrogens (tertiary/aromatic N) is 3. The summed E-state index contributed by atoms with van der Waals surface area (Å²) in [5.41, 5.74) is 4.76. The van der Waals surface area contributed by atoms with E-state index >= 15 is 0 Å². The lowest BCUT2D eigenvalue weighted by Crippen LogP contribution is -2.16. The van der Waals surface area contributed by atoms with Crippen LogP contribution in [0.5, 0.6) is 0 Å². The van der Waals surface area contributed by atoms with E-state index in [4.69, 9.17) is 17.3 Å². The van der Waals surface area contributed by atoms with E-state index < -0.39 is 22.7 Å². The molecule has 3 N–H and O–H groups in total. The summed E-state index contributed by atoms with van der Waals surface area (Å²) in [5, 5.41) is 10.2. The molecule has 0 unspecified atom stereocenters. The van der Waals surface area contributed by atoms with Gasteiger partial charge < -0.3 is 11.1 Å². The number of benzene rings is 1. The van der Waals surface area contributed by atoms with Crippen LogP contribution in [0.15, 0.2) is 23.4 Å². The first-order valence-electron chi connectivity index (χ1n) is 7.25. The van der Waals surface area contributed by atoms with Gasteiger partial charge in [0.25, 0.3) is 0 Å². The molecule has 0 spiro atoms. The highest BCUT2D eigenvalue weighted by Gasteiger charge is 2.33. The molecule has 1 aliphatic carbocycles. The summed E-state index contributed by atoms with van der Waals surface area (Å²) < 4.78 is 40.3. The number of carbonyl (C=O) groups excluding carboxylic acids is 1. The standard InChI is InChI=1S/C14H13ClF3N5OS/c15-10-4-1-7(5-9(10)14(16,17)18)20-11(24)6-25-13-22-21-12(19)23(13)8-2-3-8/h1,4-5,8H,2-3,6H2,(H2,19,21)(H,20,24). The van der Waals surface area contributed by atoms with Crippen LogP contribution in [-0.2, 0) is 11.0 Å². The molecular weight excluding hydrogens is 379 g/mol. The van der Waals surface area contributed by atoms with Crippen LogP contribution in [-0.4, -0.2) is 26.4 Å². The van der Waals surface area contributed by atoms with Gasteiger partial charge in [-0.05, 0) is 31.0 Å². The number of nitrogen functional groups attached to an aromatic ring is 1. The molecule has 11 heteroatoms. The number of alkyl halides is 3. The Hall–Kier alpha value is -1.94. The van der Waals surface area contributed by atoms with Crippen LogP contribution in [0.25, 0.3) is 0 Å². The highest BCUT2D eigenvalue weighted by atomic mass is 35.5. The van der Waals surface area contributed by atoms with Crippen molar-refractivity contribution in [1.82, 2.24) is 14.8 Å². The number of aromatic nitrogens is 3. The van der Waals surface area contributed by atoms with Crippen molar-refractivity contribution in [3.8, 4) is 0 Å². The lowest BCUT2D eigenvalue weighted by molar-refractivity contribution is -0.137. The number of carbonyl (C=O) groups is 1. The third-order valence-corrected chi connectivity index (χ3v) is 4.76. The summed E-state index contributed by atoms with van der Waals surface area (Å²) in [6, 6.07) is 3.46. The molecule has 1 amide bonds. The van der Waals surface area contributed by atoms with Crippen molar-refractivity contribution >= 4 is 40.9 Å². The van der Waals surface area contributed by atoms with Crippen molar-refractivity contribution in [2.45, 2.75) is 30.2 Å². The Morgan fingerprint density at radius 2 is 2.12 bits per heavy atom. The van der Waals surface area contributed by atoms with E-state index in [1.807, 2.05) is 0 Å². The van der Waals surface area contributed by atoms with Crippen molar-refractivity contribution in [2.24, 2.45) is 0 Å². The molecule has 1 aromatic carbocycles. The molecule has 0 aliphatic heterocycles. The quantitative estimate of drug-likeness (QED) is 0.760. The summed E-state index contributed by atoms with van der Waals surface area (Å²) in [5.74, 6) is -0.211. The minimum atomic E-state index is -4.59. The van der Waals surface area contributed by atoms with Crippen LogP contribution in [0.3, 0.4) is 0 Å². The molecule has 1 heterocycles. The van der Waals surface area contributed by atoms with E-state index in [1.54, 1.807) is 4.57 Å². The average molecular weight is 392 g/mol. The Labute approximate surface area is 149 Å². The van der Waals surface area contributed by atoms with Crippen molar-refractivity contribution in [3.63, 3.8) is 0 Å². The molecule has 1 aliphatic rings. The molecule has 0 atom stereocenters. The number of hydrogen-bond acceptors (Lipinski definition) is 5. The van der Waals surface area contributed by atoms with Crippen molar-refractivity contribution in [1.29, 1.82) is 0 Å². The van der Waals surface area contributed by atoms with Crippen LogP contribution < -0.4 is 11.1 Å². The molecule has 1 aromatic heterocycles. The van der Waals surface area contributed by atoms with Crippen LogP contribution in [0.1, 0.15) is 24.4 Å². The van der Waals surface area contributed by atoms with Gasteiger partial charge in [-0.3, -0.25) is 9.36 Å². The lowest BCUT2D eigenvalue weighted by Gasteiger charge is -2.11. The highest BCUT2D eigenvalue weighted by Crippen LogP contribution is 2.39. The smallest absolute Gasteiger partial charge is 0.368 e. The Morgan fingerprint density at radius 3 is 2.76 bits per heavy atom. The zero-order chi connectivity index (χ0) is 18.2. The molecule has 134 valence electrons. The maximum absolute atomic E-state index is 12.8. The van der Waals surface area contributed by atoms with Gasteiger partial charge in [-0.15, -0.1) is 10.2 Å². The molecule has 6 nitrogen and oxygen atoms in total. The number of halogens is 4. The van der Waals surface area contributed by atoms with Crippen molar-refractivity contribution < 1.29 is 18.0 Å². The molecule has 0 saturated heterocycles. The Balaban J connectivity index is 1.64. The first-order valence-corrected chi connectivity index (χ1v) is 8.62. The van der Waals surface area contributed by atoms with Gasteiger partial charge in [-0.1, -0.05) is 23.4 Å². The fourth-order valence-electron chi connectivity index (χ4n) is 2.21. The fourth-order valence-corrected chi connectivity index (χ4v) is 3.25. The predicted molar refractivity (Wildman–Crippen MR) is 88.5 cm³/mol. The largest absolute Gasteiger partial charge is 0.417 e. The SMILES string of the molecule is Nc1nnc(SCC(=O)Nc2ccc(Cl)c(C(F)(F)F)c2)n1C1CC1. The van der Waals surface area contributed by atoms with E-state index in [2.05, 4.69) is 15.5 Å². The van der Waals surface area contributed by atoms with Gasteiger partial charge >= 0.3 is 6.18 Å². The van der Waals surface area contributed by atoms with Crippen LogP contribution >= 0.6 is 23.4 Å². The molecule has 2 aromatic rings. The van der Waals surface area contributed by atoms with Gasteiger partial charge in [0.05, 0.1) is 16.3 Å². The summed E-state index contributed by atoms with van der Waals surface area (Å²) in [6.45, 7) is 0. The molecule has 3 rings (SSSR count). The maximum atomic E-state index is 12.8. The summed E-state index contributed by atoms with van der Waals surface area (Å²) in [7, 11) is 0. The molecule has 25 heavy (non-hydrogen) atoms. The molecular formula is C14H13ClF3N5OS. The Kier molecular flexibility index (Phi) is 4.83. The van der Waals surface area contributed by atoms with E-state index in [-0.39, 0.29) is 23.4 Å². The number of nitrogens with two attached hydrogens (primary N) is 1. The Bertz CT molecular complexity index is 806. The number of thioether (sulfide) groups is 1. The number of amides is 1. The summed E-state index contributed by atoms with van der Waals surface area (Å²) in [4.78, 5) is 12.0. The van der Waals surface area contributed by atoms with Crippen molar-refractivity contribution in [3.05, 3.63) is 28.8 Å². The first-order chi connectivity index (χ1) is 11.8. The predicted octanol–water partition coefficient (Wildman–Crippen LogP) is 3.60. The minimum absolute atomic E-state index is 0.0190. The monoisotopic (exact) mass is 391 g/mol. The number of nitrogens with one attached hydrogen (secondary N) is 1. The lowest BCUT2D eigenvalue weighted by atomic mass is 10.2. The van der Waals surface area contributed by atoms with Gasteiger partial charge in [0, 0.05) is 11.7 Å². The fraction of sp³-hybridized carbons (Fsp3) is 0.357.